The lowest BCUT2D eigenvalue weighted by Gasteiger charge is -2.35. The number of rotatable bonds is 8. The topological polar surface area (TPSA) is 58.1 Å². The minimum atomic E-state index is -0.279. The Hall–Kier alpha value is -2.55. The van der Waals surface area contributed by atoms with E-state index in [2.05, 4.69) is 20.5 Å². The van der Waals surface area contributed by atoms with Crippen LogP contribution in [-0.2, 0) is 9.47 Å². The Kier molecular flexibility index (Phi) is 8.75. The number of hydrogen-bond acceptors (Lipinski definition) is 4. The van der Waals surface area contributed by atoms with Gasteiger partial charge in [-0.1, -0.05) is 24.3 Å². The average Bonchev–Trinajstić information content (AvgIpc) is 2.81. The Balaban J connectivity index is 1.61. The van der Waals surface area contributed by atoms with Crippen molar-refractivity contribution in [3.05, 3.63) is 71.3 Å². The first-order valence-electron chi connectivity index (χ1n) is 10.4. The van der Waals surface area contributed by atoms with Gasteiger partial charge in [-0.05, 0) is 35.4 Å². The molecule has 0 aromatic heterocycles. The molecule has 2 aromatic rings. The second-order valence-corrected chi connectivity index (χ2v) is 7.33. The fourth-order valence-corrected chi connectivity index (χ4v) is 3.65. The van der Waals surface area contributed by atoms with E-state index in [4.69, 9.17) is 9.47 Å². The average molecular weight is 433 g/mol. The minimum Gasteiger partial charge on any atom is -0.379 e. The van der Waals surface area contributed by atoms with Gasteiger partial charge in [0.05, 0.1) is 25.4 Å². The predicted octanol–water partition coefficient (Wildman–Crippen LogP) is 2.89. The van der Waals surface area contributed by atoms with Crippen molar-refractivity contribution in [2.45, 2.75) is 12.1 Å². The molecule has 0 spiro atoms. The molecular formula is C23H30F2N4O2. The summed E-state index contributed by atoms with van der Waals surface area (Å²) in [7, 11) is 3.32. The van der Waals surface area contributed by atoms with E-state index in [0.29, 0.717) is 32.3 Å². The van der Waals surface area contributed by atoms with Gasteiger partial charge in [0.15, 0.2) is 5.96 Å². The zero-order valence-electron chi connectivity index (χ0n) is 18.0. The number of aliphatic imine (C=N–C) groups is 1. The smallest absolute Gasteiger partial charge is 0.191 e. The highest BCUT2D eigenvalue weighted by molar-refractivity contribution is 5.79. The van der Waals surface area contributed by atoms with Crippen molar-refractivity contribution >= 4 is 5.96 Å². The Bertz CT molecular complexity index is 824. The summed E-state index contributed by atoms with van der Waals surface area (Å²) >= 11 is 0. The van der Waals surface area contributed by atoms with Gasteiger partial charge in [-0.15, -0.1) is 0 Å². The molecule has 1 aliphatic rings. The number of benzene rings is 2. The molecule has 2 unspecified atom stereocenters. The maximum Gasteiger partial charge on any atom is 0.191 e. The maximum absolute atomic E-state index is 13.4. The highest BCUT2D eigenvalue weighted by Gasteiger charge is 2.23. The second kappa shape index (κ2) is 11.7. The fraction of sp³-hybridized carbons (Fsp3) is 0.435. The molecule has 1 heterocycles. The Morgan fingerprint density at radius 2 is 1.52 bits per heavy atom. The summed E-state index contributed by atoms with van der Waals surface area (Å²) in [6.45, 7) is 4.05. The molecule has 0 saturated carbocycles. The first kappa shape index (κ1) is 23.1. The van der Waals surface area contributed by atoms with Crippen LogP contribution in [0.1, 0.15) is 23.3 Å². The molecular weight excluding hydrogens is 402 g/mol. The van der Waals surface area contributed by atoms with E-state index >= 15 is 0 Å². The molecule has 6 nitrogen and oxygen atoms in total. The molecule has 3 rings (SSSR count). The first-order valence-corrected chi connectivity index (χ1v) is 10.4. The highest BCUT2D eigenvalue weighted by atomic mass is 19.1. The van der Waals surface area contributed by atoms with Crippen molar-refractivity contribution in [2.24, 2.45) is 4.99 Å². The van der Waals surface area contributed by atoms with Gasteiger partial charge < -0.3 is 20.1 Å². The Labute approximate surface area is 182 Å². The fourth-order valence-electron chi connectivity index (χ4n) is 3.65. The number of nitrogens with zero attached hydrogens (tertiary/aromatic N) is 2. The zero-order valence-corrected chi connectivity index (χ0v) is 18.0. The Morgan fingerprint density at radius 1 is 0.968 bits per heavy atom. The standard InChI is InChI=1S/C23H30F2N4O2/c1-26-23(28-16-22(30-2)18-5-9-20(25)10-6-18)27-15-21(29-11-13-31-14-12-29)17-3-7-19(24)8-4-17/h3-10,21-22H,11-16H2,1-2H3,(H2,26,27,28). The normalized spacial score (nSPS) is 17.2. The molecule has 0 aliphatic carbocycles. The minimum absolute atomic E-state index is 0.0540. The van der Waals surface area contributed by atoms with E-state index in [0.717, 1.165) is 24.2 Å². The molecule has 8 heteroatoms. The summed E-state index contributed by atoms with van der Waals surface area (Å²) in [6, 6.07) is 12.9. The molecule has 0 radical (unpaired) electrons. The van der Waals surface area contributed by atoms with E-state index in [9.17, 15) is 8.78 Å². The van der Waals surface area contributed by atoms with Crippen molar-refractivity contribution in [1.29, 1.82) is 0 Å². The summed E-state index contributed by atoms with van der Waals surface area (Å²) < 4.78 is 37.6. The van der Waals surface area contributed by atoms with E-state index < -0.39 is 0 Å². The molecule has 1 saturated heterocycles. The summed E-state index contributed by atoms with van der Waals surface area (Å²) in [5, 5.41) is 6.64. The van der Waals surface area contributed by atoms with Crippen molar-refractivity contribution < 1.29 is 18.3 Å². The van der Waals surface area contributed by atoms with Gasteiger partial charge in [-0.25, -0.2) is 8.78 Å². The first-order chi connectivity index (χ1) is 15.1. The van der Waals surface area contributed by atoms with Gasteiger partial charge in [-0.3, -0.25) is 9.89 Å². The lowest BCUT2D eigenvalue weighted by Crippen LogP contribution is -2.46. The van der Waals surface area contributed by atoms with Crippen LogP contribution in [0, 0.1) is 11.6 Å². The van der Waals surface area contributed by atoms with Crippen LogP contribution < -0.4 is 10.6 Å². The van der Waals surface area contributed by atoms with Gasteiger partial charge in [-0.2, -0.15) is 0 Å². The van der Waals surface area contributed by atoms with E-state index in [1.807, 2.05) is 12.1 Å². The van der Waals surface area contributed by atoms with Crippen molar-refractivity contribution in [1.82, 2.24) is 15.5 Å². The molecule has 1 aliphatic heterocycles. The molecule has 168 valence electrons. The van der Waals surface area contributed by atoms with Crippen LogP contribution in [0.5, 0.6) is 0 Å². The third kappa shape index (κ3) is 6.72. The van der Waals surface area contributed by atoms with Crippen LogP contribution >= 0.6 is 0 Å². The van der Waals surface area contributed by atoms with Crippen molar-refractivity contribution in [3.63, 3.8) is 0 Å². The van der Waals surface area contributed by atoms with E-state index in [1.165, 1.54) is 24.3 Å². The lowest BCUT2D eigenvalue weighted by molar-refractivity contribution is 0.0169. The lowest BCUT2D eigenvalue weighted by atomic mass is 10.0. The number of halogens is 2. The zero-order chi connectivity index (χ0) is 22.1. The molecule has 0 bridgehead atoms. The maximum atomic E-state index is 13.4. The SMILES string of the molecule is CN=C(NCC(OC)c1ccc(F)cc1)NCC(c1ccc(F)cc1)N1CCOCC1. The third-order valence-corrected chi connectivity index (χ3v) is 5.41. The number of ether oxygens (including phenoxy) is 2. The number of nitrogens with one attached hydrogen (secondary N) is 2. The quantitative estimate of drug-likeness (QED) is 0.496. The van der Waals surface area contributed by atoms with Gasteiger partial charge in [0.1, 0.15) is 11.6 Å². The molecule has 31 heavy (non-hydrogen) atoms. The van der Waals surface area contributed by atoms with Gasteiger partial charge in [0.25, 0.3) is 0 Å². The molecule has 1 fully saturated rings. The molecule has 2 aromatic carbocycles. The predicted molar refractivity (Wildman–Crippen MR) is 117 cm³/mol. The van der Waals surface area contributed by atoms with Crippen molar-refractivity contribution in [2.75, 3.05) is 53.6 Å². The molecule has 2 N–H and O–H groups in total. The number of hydrogen-bond donors (Lipinski definition) is 2. The summed E-state index contributed by atoms with van der Waals surface area (Å²) in [5.74, 6) is 0.102. The van der Waals surface area contributed by atoms with Crippen LogP contribution in [0.4, 0.5) is 8.78 Å². The van der Waals surface area contributed by atoms with Crippen LogP contribution in [0.15, 0.2) is 53.5 Å². The summed E-state index contributed by atoms with van der Waals surface area (Å²) in [6.07, 6.45) is -0.244. The second-order valence-electron chi connectivity index (χ2n) is 7.33. The monoisotopic (exact) mass is 432 g/mol. The third-order valence-electron chi connectivity index (χ3n) is 5.41. The number of guanidine groups is 1. The largest absolute Gasteiger partial charge is 0.379 e. The summed E-state index contributed by atoms with van der Waals surface area (Å²) in [5.41, 5.74) is 1.91. The van der Waals surface area contributed by atoms with Crippen molar-refractivity contribution in [3.8, 4) is 0 Å². The van der Waals surface area contributed by atoms with Crippen LogP contribution in [0.25, 0.3) is 0 Å². The van der Waals surface area contributed by atoms with Gasteiger partial charge in [0, 0.05) is 40.3 Å². The highest BCUT2D eigenvalue weighted by Crippen LogP contribution is 2.22. The van der Waals surface area contributed by atoms with Gasteiger partial charge >= 0.3 is 0 Å². The molecule has 2 atom stereocenters. The van der Waals surface area contributed by atoms with Crippen LogP contribution in [0.2, 0.25) is 0 Å². The van der Waals surface area contributed by atoms with Crippen LogP contribution in [-0.4, -0.2) is 64.4 Å². The van der Waals surface area contributed by atoms with E-state index in [-0.39, 0.29) is 23.8 Å². The van der Waals surface area contributed by atoms with Gasteiger partial charge in [0.2, 0.25) is 0 Å². The number of methoxy groups -OCH3 is 1. The molecule has 0 amide bonds. The number of morpholine rings is 1. The van der Waals surface area contributed by atoms with Crippen LogP contribution in [0.3, 0.4) is 0 Å². The Morgan fingerprint density at radius 3 is 2.06 bits per heavy atom. The summed E-state index contributed by atoms with van der Waals surface area (Å²) in [4.78, 5) is 6.63. The van der Waals surface area contributed by atoms with E-state index in [1.54, 1.807) is 26.3 Å².